The maximum atomic E-state index is 3.73. The summed E-state index contributed by atoms with van der Waals surface area (Å²) in [5.74, 6) is 0. The van der Waals surface area contributed by atoms with E-state index in [0.717, 1.165) is 5.56 Å². The first-order valence-corrected chi connectivity index (χ1v) is 5.60. The van der Waals surface area contributed by atoms with Crippen LogP contribution in [0.15, 0.2) is 47.7 Å². The lowest BCUT2D eigenvalue weighted by Gasteiger charge is -2.06. The number of aromatic nitrogens is 1. The monoisotopic (exact) mass is 224 g/mol. The standard InChI is InChI=1S/C15H16N2/c1-12-4-6-15(7-5-12)17-11-9-14(13(17)2)8-10-16-3/h4-11H,3H2,1-2H3/b10-8-. The van der Waals surface area contributed by atoms with Crippen molar-refractivity contribution in [2.75, 3.05) is 0 Å². The van der Waals surface area contributed by atoms with Gasteiger partial charge >= 0.3 is 0 Å². The summed E-state index contributed by atoms with van der Waals surface area (Å²) < 4.78 is 2.17. The molecule has 0 saturated heterocycles. The zero-order valence-electron chi connectivity index (χ0n) is 10.2. The molecule has 0 spiro atoms. The molecule has 1 aromatic heterocycles. The Morgan fingerprint density at radius 1 is 1.12 bits per heavy atom. The van der Waals surface area contributed by atoms with Gasteiger partial charge in [-0.3, -0.25) is 4.99 Å². The van der Waals surface area contributed by atoms with Crippen LogP contribution in [0.5, 0.6) is 0 Å². The molecule has 0 aliphatic rings. The zero-order valence-corrected chi connectivity index (χ0v) is 10.2. The molecule has 2 aromatic rings. The minimum absolute atomic E-state index is 1.16. The summed E-state index contributed by atoms with van der Waals surface area (Å²) in [6.45, 7) is 7.63. The Hall–Kier alpha value is -2.09. The molecule has 0 radical (unpaired) electrons. The highest BCUT2D eigenvalue weighted by Gasteiger charge is 2.03. The number of hydrogen-bond donors (Lipinski definition) is 0. The molecule has 0 aliphatic carbocycles. The van der Waals surface area contributed by atoms with Crippen LogP contribution in [0.4, 0.5) is 0 Å². The first-order valence-electron chi connectivity index (χ1n) is 5.60. The van der Waals surface area contributed by atoms with Gasteiger partial charge in [0.25, 0.3) is 0 Å². The number of aryl methyl sites for hydroxylation is 1. The van der Waals surface area contributed by atoms with Crippen LogP contribution in [0, 0.1) is 13.8 Å². The fourth-order valence-corrected chi connectivity index (χ4v) is 1.82. The summed E-state index contributed by atoms with van der Waals surface area (Å²) in [6.07, 6.45) is 5.75. The van der Waals surface area contributed by atoms with Crippen LogP contribution < -0.4 is 0 Å². The van der Waals surface area contributed by atoms with Gasteiger partial charge in [-0.05, 0) is 50.4 Å². The molecule has 0 N–H and O–H groups in total. The molecule has 1 aromatic carbocycles. The van der Waals surface area contributed by atoms with Gasteiger partial charge in [-0.25, -0.2) is 0 Å². The Balaban J connectivity index is 2.40. The number of nitrogens with zero attached hydrogens (tertiary/aromatic N) is 2. The smallest absolute Gasteiger partial charge is 0.0452 e. The number of rotatable bonds is 3. The average molecular weight is 224 g/mol. The minimum atomic E-state index is 1.16. The maximum Gasteiger partial charge on any atom is 0.0452 e. The van der Waals surface area contributed by atoms with Crippen molar-refractivity contribution >= 4 is 12.8 Å². The van der Waals surface area contributed by atoms with Gasteiger partial charge in [0.2, 0.25) is 0 Å². The van der Waals surface area contributed by atoms with Crippen LogP contribution in [0.25, 0.3) is 11.8 Å². The van der Waals surface area contributed by atoms with Gasteiger partial charge in [0.1, 0.15) is 0 Å². The molecule has 86 valence electrons. The number of benzene rings is 1. The summed E-state index contributed by atoms with van der Waals surface area (Å²) in [5, 5.41) is 0. The molecular formula is C15H16N2. The molecule has 0 saturated carbocycles. The van der Waals surface area contributed by atoms with Crippen molar-refractivity contribution in [3.63, 3.8) is 0 Å². The molecule has 2 heteroatoms. The third-order valence-electron chi connectivity index (χ3n) is 2.85. The Morgan fingerprint density at radius 3 is 2.47 bits per heavy atom. The van der Waals surface area contributed by atoms with Crippen molar-refractivity contribution in [1.29, 1.82) is 0 Å². The van der Waals surface area contributed by atoms with Gasteiger partial charge in [-0.2, -0.15) is 0 Å². The second kappa shape index (κ2) is 4.83. The van der Waals surface area contributed by atoms with Gasteiger partial charge in [0.15, 0.2) is 0 Å². The molecule has 0 bridgehead atoms. The Labute approximate surface area is 102 Å². The Bertz CT molecular complexity index is 545. The molecule has 0 amide bonds. The molecule has 0 atom stereocenters. The highest BCUT2D eigenvalue weighted by Crippen LogP contribution is 2.18. The molecule has 2 nitrogen and oxygen atoms in total. The van der Waals surface area contributed by atoms with Crippen LogP contribution in [0.1, 0.15) is 16.8 Å². The highest BCUT2D eigenvalue weighted by molar-refractivity contribution is 5.55. The Morgan fingerprint density at radius 2 is 1.82 bits per heavy atom. The van der Waals surface area contributed by atoms with E-state index >= 15 is 0 Å². The van der Waals surface area contributed by atoms with Gasteiger partial charge in [-0.1, -0.05) is 17.7 Å². The normalized spacial score (nSPS) is 10.9. The zero-order chi connectivity index (χ0) is 12.3. The van der Waals surface area contributed by atoms with E-state index in [0.29, 0.717) is 0 Å². The largest absolute Gasteiger partial charge is 0.321 e. The van der Waals surface area contributed by atoms with Crippen LogP contribution in [-0.2, 0) is 0 Å². The molecule has 0 aliphatic heterocycles. The van der Waals surface area contributed by atoms with Crippen LogP contribution in [0.3, 0.4) is 0 Å². The van der Waals surface area contributed by atoms with Crippen LogP contribution >= 0.6 is 0 Å². The Kier molecular flexibility index (Phi) is 3.24. The second-order valence-corrected chi connectivity index (χ2v) is 4.06. The van der Waals surface area contributed by atoms with Crippen molar-refractivity contribution in [2.24, 2.45) is 4.99 Å². The predicted octanol–water partition coefficient (Wildman–Crippen LogP) is 3.77. The molecule has 0 fully saturated rings. The van der Waals surface area contributed by atoms with Crippen molar-refractivity contribution in [3.8, 4) is 5.69 Å². The fourth-order valence-electron chi connectivity index (χ4n) is 1.82. The van der Waals surface area contributed by atoms with Crippen LogP contribution in [-0.4, -0.2) is 11.3 Å². The molecule has 2 rings (SSSR count). The van der Waals surface area contributed by atoms with Gasteiger partial charge in [0.05, 0.1) is 0 Å². The third-order valence-corrected chi connectivity index (χ3v) is 2.85. The predicted molar refractivity (Wildman–Crippen MR) is 73.8 cm³/mol. The van der Waals surface area contributed by atoms with E-state index < -0.39 is 0 Å². The lowest BCUT2D eigenvalue weighted by molar-refractivity contribution is 1.01. The van der Waals surface area contributed by atoms with E-state index in [4.69, 9.17) is 0 Å². The van der Waals surface area contributed by atoms with E-state index in [2.05, 4.69) is 66.7 Å². The maximum absolute atomic E-state index is 3.73. The van der Waals surface area contributed by atoms with Gasteiger partial charge in [-0.15, -0.1) is 0 Å². The fraction of sp³-hybridized carbons (Fsp3) is 0.133. The molecular weight excluding hydrogens is 208 g/mol. The summed E-state index contributed by atoms with van der Waals surface area (Å²) in [7, 11) is 0. The lowest BCUT2D eigenvalue weighted by Crippen LogP contribution is -1.94. The van der Waals surface area contributed by atoms with Crippen molar-refractivity contribution in [1.82, 2.24) is 4.57 Å². The first-order chi connectivity index (χ1) is 8.22. The minimum Gasteiger partial charge on any atom is -0.321 e. The molecule has 1 heterocycles. The van der Waals surface area contributed by atoms with E-state index in [1.165, 1.54) is 16.9 Å². The third kappa shape index (κ3) is 2.36. The highest BCUT2D eigenvalue weighted by atomic mass is 15.0. The van der Waals surface area contributed by atoms with E-state index in [-0.39, 0.29) is 0 Å². The number of aliphatic imine (C=N–C) groups is 1. The number of hydrogen-bond acceptors (Lipinski definition) is 1. The topological polar surface area (TPSA) is 17.3 Å². The van der Waals surface area contributed by atoms with Crippen molar-refractivity contribution < 1.29 is 0 Å². The molecule has 17 heavy (non-hydrogen) atoms. The summed E-state index contributed by atoms with van der Waals surface area (Å²) >= 11 is 0. The van der Waals surface area contributed by atoms with Crippen molar-refractivity contribution in [2.45, 2.75) is 13.8 Å². The van der Waals surface area contributed by atoms with E-state index in [1.54, 1.807) is 6.20 Å². The second-order valence-electron chi connectivity index (χ2n) is 4.06. The van der Waals surface area contributed by atoms with Gasteiger partial charge < -0.3 is 4.57 Å². The van der Waals surface area contributed by atoms with E-state index in [1.807, 2.05) is 6.08 Å². The SMILES string of the molecule is C=N/C=C\c1ccn(-c2ccc(C)cc2)c1C. The summed E-state index contributed by atoms with van der Waals surface area (Å²) in [4.78, 5) is 3.73. The summed E-state index contributed by atoms with van der Waals surface area (Å²) in [5.41, 5.74) is 4.82. The first kappa shape index (κ1) is 11.4. The lowest BCUT2D eigenvalue weighted by atomic mass is 10.2. The van der Waals surface area contributed by atoms with Crippen molar-refractivity contribution in [3.05, 3.63) is 59.5 Å². The van der Waals surface area contributed by atoms with Crippen LogP contribution in [0.2, 0.25) is 0 Å². The van der Waals surface area contributed by atoms with Gasteiger partial charge in [0, 0.05) is 23.8 Å². The molecule has 0 unspecified atom stereocenters. The summed E-state index contributed by atoms with van der Waals surface area (Å²) in [6, 6.07) is 10.6. The quantitative estimate of drug-likeness (QED) is 0.706. The van der Waals surface area contributed by atoms with E-state index in [9.17, 15) is 0 Å². The average Bonchev–Trinajstić information content (AvgIpc) is 2.69.